The quantitative estimate of drug-likeness (QED) is 0.249. The first-order valence-corrected chi connectivity index (χ1v) is 21.4. The molecular formula is C42H96N6O2. The van der Waals surface area contributed by atoms with Crippen LogP contribution in [0.4, 0.5) is 0 Å². The molecule has 0 N–H and O–H groups in total. The fraction of sp³-hybridized carbons (Fsp3) is 0.976. The largest absolute Gasteiger partial charge is 0.380 e. The van der Waals surface area contributed by atoms with E-state index in [0.717, 1.165) is 32.6 Å². The molecule has 7 aliphatic heterocycles. The van der Waals surface area contributed by atoms with Crippen LogP contribution in [0, 0.1) is 5.41 Å². The van der Waals surface area contributed by atoms with Gasteiger partial charge in [0, 0.05) is 38.5 Å². The van der Waals surface area contributed by atoms with Crippen LogP contribution >= 0.6 is 0 Å². The number of piperidine rings is 2. The maximum absolute atomic E-state index is 10.5. The zero-order valence-electron chi connectivity index (χ0n) is 37.5. The molecule has 0 unspecified atom stereocenters. The summed E-state index contributed by atoms with van der Waals surface area (Å²) in [6.45, 7) is 36.0. The number of amides is 1. The number of likely N-dealkylation sites (tertiary alicyclic amines) is 6. The fourth-order valence-corrected chi connectivity index (χ4v) is 5.91. The van der Waals surface area contributed by atoms with Gasteiger partial charge in [-0.15, -0.1) is 0 Å². The van der Waals surface area contributed by atoms with Crippen LogP contribution < -0.4 is 0 Å². The zero-order chi connectivity index (χ0) is 39.2. The van der Waals surface area contributed by atoms with Crippen molar-refractivity contribution >= 4 is 5.91 Å². The molecule has 7 fully saturated rings. The first-order chi connectivity index (χ1) is 24.2. The molecule has 0 aromatic carbocycles. The molecule has 0 aromatic heterocycles. The predicted octanol–water partition coefficient (Wildman–Crippen LogP) is 8.56. The van der Waals surface area contributed by atoms with Crippen LogP contribution in [-0.2, 0) is 9.53 Å². The summed E-state index contributed by atoms with van der Waals surface area (Å²) in [4.78, 5) is 24.1. The van der Waals surface area contributed by atoms with Gasteiger partial charge in [0.05, 0.1) is 13.2 Å². The molecule has 50 heavy (non-hydrogen) atoms. The molecule has 1 spiro atoms. The predicted molar refractivity (Wildman–Crippen MR) is 226 cm³/mol. The molecule has 7 saturated heterocycles. The van der Waals surface area contributed by atoms with Gasteiger partial charge in [-0.1, -0.05) is 82.1 Å². The second-order valence-electron chi connectivity index (χ2n) is 13.5. The molecule has 8 nitrogen and oxygen atoms in total. The molecule has 7 rings (SSSR count). The Hall–Kier alpha value is -0.770. The van der Waals surface area contributed by atoms with Crippen molar-refractivity contribution in [2.24, 2.45) is 5.41 Å². The number of rotatable bonds is 0. The minimum atomic E-state index is 0.292. The smallest absolute Gasteiger partial charge is 0.222 e. The monoisotopic (exact) mass is 717 g/mol. The lowest BCUT2D eigenvalue weighted by Gasteiger charge is -2.53. The summed E-state index contributed by atoms with van der Waals surface area (Å²) in [6.07, 6.45) is 14.6. The summed E-state index contributed by atoms with van der Waals surface area (Å²) in [5.41, 5.74) is 0.620. The standard InChI is InChI=1S/C6H11NO.2C6H13N.C5H9NO.C5H11N.C4H9N.5C2H6/c1-7-2-6(3-7)4-8-5-6;2*1-7-5-3-2-4-6-7;1-6-4-2-3-5(6)7;1-6-4-2-3-5-6;1-5-3-2-4-5;5*1-2/h2-5H2,1H3;2*2-6H2,1H3;2-4H2,1H3;2-5H2,1H3;2-4H2,1H3;5*1-2H3. The Kier molecular flexibility index (Phi) is 45.9. The lowest BCUT2D eigenvalue weighted by molar-refractivity contribution is -0.182. The first-order valence-electron chi connectivity index (χ1n) is 21.4. The minimum Gasteiger partial charge on any atom is -0.380 e. The number of ether oxygens (including phenoxy) is 1. The van der Waals surface area contributed by atoms with Crippen molar-refractivity contribution in [1.29, 1.82) is 0 Å². The van der Waals surface area contributed by atoms with Gasteiger partial charge in [0.2, 0.25) is 5.91 Å². The SMILES string of the molecule is CC.CC.CC.CC.CC.CN1CC2(COC2)C1.CN1CCC1.CN1CCCC1.CN1CCCC1=O.CN1CCCCC1.CN1CCCCC1. The summed E-state index contributed by atoms with van der Waals surface area (Å²) in [5.74, 6) is 0.292. The molecule has 0 bridgehead atoms. The molecular weight excluding hydrogens is 621 g/mol. The highest BCUT2D eigenvalue weighted by molar-refractivity contribution is 5.77. The number of carbonyl (C=O) groups excluding carboxylic acids is 1. The van der Waals surface area contributed by atoms with Gasteiger partial charge in [-0.3, -0.25) is 4.79 Å². The molecule has 1 amide bonds. The van der Waals surface area contributed by atoms with E-state index < -0.39 is 0 Å². The number of hydrogen-bond donors (Lipinski definition) is 0. The third-order valence-electron chi connectivity index (χ3n) is 8.91. The van der Waals surface area contributed by atoms with E-state index in [-0.39, 0.29) is 0 Å². The Bertz CT molecular complexity index is 618. The Balaban J connectivity index is -0.000000242. The summed E-state index contributed by atoms with van der Waals surface area (Å²) >= 11 is 0. The summed E-state index contributed by atoms with van der Waals surface area (Å²) < 4.78 is 5.10. The van der Waals surface area contributed by atoms with Crippen molar-refractivity contribution in [3.05, 3.63) is 0 Å². The molecule has 0 saturated carbocycles. The van der Waals surface area contributed by atoms with Crippen LogP contribution in [0.15, 0.2) is 0 Å². The fourth-order valence-electron chi connectivity index (χ4n) is 5.91. The van der Waals surface area contributed by atoms with Gasteiger partial charge in [0.15, 0.2) is 0 Å². The van der Waals surface area contributed by atoms with Crippen molar-refractivity contribution in [3.8, 4) is 0 Å². The normalized spacial score (nSPS) is 21.8. The van der Waals surface area contributed by atoms with E-state index in [9.17, 15) is 4.79 Å². The molecule has 0 radical (unpaired) electrons. The Labute approximate surface area is 317 Å². The van der Waals surface area contributed by atoms with E-state index in [1.807, 2.05) is 76.3 Å². The lowest BCUT2D eigenvalue weighted by atomic mass is 9.79. The van der Waals surface area contributed by atoms with Crippen molar-refractivity contribution < 1.29 is 9.53 Å². The van der Waals surface area contributed by atoms with Gasteiger partial charge in [-0.05, 0) is 139 Å². The molecule has 7 heterocycles. The van der Waals surface area contributed by atoms with Crippen LogP contribution in [0.25, 0.3) is 0 Å². The van der Waals surface area contributed by atoms with Crippen molar-refractivity contribution in [2.75, 3.05) is 127 Å². The highest BCUT2D eigenvalue weighted by atomic mass is 16.5. The van der Waals surface area contributed by atoms with Crippen LogP contribution in [0.3, 0.4) is 0 Å². The lowest BCUT2D eigenvalue weighted by Crippen LogP contribution is -2.64. The van der Waals surface area contributed by atoms with Gasteiger partial charge in [-0.25, -0.2) is 0 Å². The number of carbonyl (C=O) groups is 1. The second kappa shape index (κ2) is 41.0. The van der Waals surface area contributed by atoms with Crippen LogP contribution in [0.1, 0.15) is 140 Å². The van der Waals surface area contributed by atoms with E-state index in [0.29, 0.717) is 11.3 Å². The minimum absolute atomic E-state index is 0.292. The van der Waals surface area contributed by atoms with Crippen molar-refractivity contribution in [2.45, 2.75) is 140 Å². The maximum atomic E-state index is 10.5. The first kappa shape index (κ1) is 56.0. The third-order valence-corrected chi connectivity index (χ3v) is 8.91. The molecule has 0 aromatic rings. The Morgan fingerprint density at radius 2 is 0.700 bits per heavy atom. The van der Waals surface area contributed by atoms with E-state index >= 15 is 0 Å². The van der Waals surface area contributed by atoms with E-state index in [1.54, 1.807) is 4.90 Å². The van der Waals surface area contributed by atoms with Crippen LogP contribution in [0.5, 0.6) is 0 Å². The average molecular weight is 717 g/mol. The summed E-state index contributed by atoms with van der Waals surface area (Å²) in [7, 11) is 12.7. The van der Waals surface area contributed by atoms with Gasteiger partial charge in [0.1, 0.15) is 0 Å². The average Bonchev–Trinajstić information content (AvgIpc) is 3.77. The van der Waals surface area contributed by atoms with Gasteiger partial charge < -0.3 is 34.1 Å². The van der Waals surface area contributed by atoms with Gasteiger partial charge >= 0.3 is 0 Å². The van der Waals surface area contributed by atoms with Crippen molar-refractivity contribution in [3.63, 3.8) is 0 Å². The van der Waals surface area contributed by atoms with Crippen molar-refractivity contribution in [1.82, 2.24) is 29.4 Å². The molecule has 306 valence electrons. The third kappa shape index (κ3) is 31.9. The van der Waals surface area contributed by atoms with Gasteiger partial charge in [0.25, 0.3) is 0 Å². The zero-order valence-corrected chi connectivity index (χ0v) is 37.5. The molecule has 7 aliphatic rings. The Morgan fingerprint density at radius 1 is 0.400 bits per heavy atom. The highest BCUT2D eigenvalue weighted by Gasteiger charge is 2.47. The topological polar surface area (TPSA) is 45.7 Å². The van der Waals surface area contributed by atoms with E-state index in [4.69, 9.17) is 4.74 Å². The Morgan fingerprint density at radius 3 is 0.780 bits per heavy atom. The van der Waals surface area contributed by atoms with E-state index in [2.05, 4.69) is 59.7 Å². The maximum Gasteiger partial charge on any atom is 0.222 e. The van der Waals surface area contributed by atoms with E-state index in [1.165, 1.54) is 123 Å². The summed E-state index contributed by atoms with van der Waals surface area (Å²) in [5, 5.41) is 0. The molecule has 0 atom stereocenters. The second-order valence-corrected chi connectivity index (χ2v) is 13.5. The van der Waals surface area contributed by atoms with Crippen LogP contribution in [-0.4, -0.2) is 163 Å². The highest BCUT2D eigenvalue weighted by Crippen LogP contribution is 2.36. The summed E-state index contributed by atoms with van der Waals surface area (Å²) in [6, 6.07) is 0. The van der Waals surface area contributed by atoms with Gasteiger partial charge in [-0.2, -0.15) is 0 Å². The number of hydrogen-bond acceptors (Lipinski definition) is 7. The number of nitrogens with zero attached hydrogens (tertiary/aromatic N) is 6. The molecule has 0 aliphatic carbocycles. The molecule has 8 heteroatoms. The van der Waals surface area contributed by atoms with Crippen LogP contribution in [0.2, 0.25) is 0 Å².